The summed E-state index contributed by atoms with van der Waals surface area (Å²) in [5.41, 5.74) is -4.34. The fourth-order valence-electron chi connectivity index (χ4n) is 5.85. The molecule has 4 aliphatic carbocycles. The van der Waals surface area contributed by atoms with Crippen molar-refractivity contribution >= 4 is 89.8 Å². The summed E-state index contributed by atoms with van der Waals surface area (Å²) in [5, 5.41) is 3.18. The maximum Gasteiger partial charge on any atom is 0.356 e. The van der Waals surface area contributed by atoms with Gasteiger partial charge in [0.05, 0.1) is 5.56 Å². The highest BCUT2D eigenvalue weighted by Crippen LogP contribution is 2.59. The van der Waals surface area contributed by atoms with E-state index in [4.69, 9.17) is 4.74 Å². The average molecular weight is 788 g/mol. The van der Waals surface area contributed by atoms with Gasteiger partial charge >= 0.3 is 5.97 Å². The molecule has 4 aliphatic rings. The van der Waals surface area contributed by atoms with Gasteiger partial charge < -0.3 is 14.6 Å². The number of carbonyl (C=O) groups excluding carboxylic acids is 2. The standard InChI is InChI=1S/C19H19FI3NO6S/c20-15(31(27,28)29)17(26)30-19-6-9-1-10(7-19)5-18(4-9,8-19)24-16(25)12-2-11(21)3-13(22)14(12)23/h2-3,9-10,15H,1,4-8H2,(H,24,25)(H,27,28,29)/p-1. The van der Waals surface area contributed by atoms with Gasteiger partial charge in [-0.3, -0.25) is 4.79 Å². The molecule has 31 heavy (non-hydrogen) atoms. The molecule has 0 heterocycles. The van der Waals surface area contributed by atoms with Gasteiger partial charge in [0.25, 0.3) is 11.4 Å². The van der Waals surface area contributed by atoms with Crippen molar-refractivity contribution in [2.45, 2.75) is 55.2 Å². The maximum atomic E-state index is 13.8. The Labute approximate surface area is 220 Å². The van der Waals surface area contributed by atoms with Crippen molar-refractivity contribution in [3.8, 4) is 0 Å². The first-order chi connectivity index (χ1) is 14.3. The van der Waals surface area contributed by atoms with Crippen molar-refractivity contribution in [2.24, 2.45) is 11.8 Å². The molecule has 1 aromatic carbocycles. The van der Waals surface area contributed by atoms with E-state index in [1.807, 2.05) is 12.1 Å². The minimum atomic E-state index is -5.43. The molecule has 5 rings (SSSR count). The molecular weight excluding hydrogens is 770 g/mol. The number of halogens is 4. The first-order valence-electron chi connectivity index (χ1n) is 9.60. The Morgan fingerprint density at radius 3 is 2.35 bits per heavy atom. The third-order valence-corrected chi connectivity index (χ3v) is 10.7. The summed E-state index contributed by atoms with van der Waals surface area (Å²) in [7, 11) is -5.43. The van der Waals surface area contributed by atoms with Crippen molar-refractivity contribution in [2.75, 3.05) is 0 Å². The fraction of sp³-hybridized carbons (Fsp3) is 0.579. The van der Waals surface area contributed by atoms with E-state index in [0.29, 0.717) is 18.4 Å². The Hall–Kier alpha value is 0.190. The van der Waals surface area contributed by atoms with Gasteiger partial charge in [-0.05, 0) is 124 Å². The Morgan fingerprint density at radius 1 is 1.16 bits per heavy atom. The number of alkyl halides is 1. The molecule has 7 nitrogen and oxygen atoms in total. The third-order valence-electron chi connectivity index (χ3n) is 6.38. The molecule has 0 radical (unpaired) electrons. The lowest BCUT2D eigenvalue weighted by atomic mass is 9.51. The van der Waals surface area contributed by atoms with Gasteiger partial charge in [-0.15, -0.1) is 0 Å². The molecule has 3 unspecified atom stereocenters. The summed E-state index contributed by atoms with van der Waals surface area (Å²) < 4.78 is 54.7. The molecule has 4 bridgehead atoms. The molecule has 4 saturated carbocycles. The van der Waals surface area contributed by atoms with Crippen LogP contribution >= 0.6 is 67.8 Å². The Kier molecular flexibility index (Phi) is 6.63. The lowest BCUT2D eigenvalue weighted by molar-refractivity contribution is -0.193. The van der Waals surface area contributed by atoms with E-state index in [9.17, 15) is 27.0 Å². The summed E-state index contributed by atoms with van der Waals surface area (Å²) in [6, 6.07) is 3.80. The van der Waals surface area contributed by atoms with Crippen LogP contribution in [0.1, 0.15) is 48.9 Å². The van der Waals surface area contributed by atoms with Crippen molar-refractivity contribution in [3.05, 3.63) is 28.4 Å². The van der Waals surface area contributed by atoms with Gasteiger partial charge in [0.15, 0.2) is 0 Å². The van der Waals surface area contributed by atoms with Crippen LogP contribution < -0.4 is 5.32 Å². The van der Waals surface area contributed by atoms with Gasteiger partial charge in [0.1, 0.15) is 15.7 Å². The molecule has 0 saturated heterocycles. The molecule has 3 atom stereocenters. The molecule has 0 aromatic heterocycles. The summed E-state index contributed by atoms with van der Waals surface area (Å²) in [6.07, 6.45) is 3.63. The largest absolute Gasteiger partial charge is 0.745 e. The Morgan fingerprint density at radius 2 is 1.77 bits per heavy atom. The van der Waals surface area contributed by atoms with Crippen LogP contribution in [0.3, 0.4) is 0 Å². The number of hydrogen-bond donors (Lipinski definition) is 1. The van der Waals surface area contributed by atoms with E-state index in [1.54, 1.807) is 0 Å². The van der Waals surface area contributed by atoms with Crippen LogP contribution in [0.5, 0.6) is 0 Å². The van der Waals surface area contributed by atoms with Crippen LogP contribution in [0.2, 0.25) is 0 Å². The quantitative estimate of drug-likeness (QED) is 0.211. The van der Waals surface area contributed by atoms with Gasteiger partial charge in [-0.25, -0.2) is 17.6 Å². The van der Waals surface area contributed by atoms with Crippen LogP contribution in [-0.4, -0.2) is 41.5 Å². The predicted octanol–water partition coefficient (Wildman–Crippen LogP) is 3.71. The van der Waals surface area contributed by atoms with Crippen LogP contribution in [0.15, 0.2) is 12.1 Å². The molecule has 4 fully saturated rings. The van der Waals surface area contributed by atoms with Crippen LogP contribution in [0, 0.1) is 22.5 Å². The van der Waals surface area contributed by atoms with Crippen LogP contribution in [0.25, 0.3) is 0 Å². The highest BCUT2D eigenvalue weighted by molar-refractivity contribution is 14.1. The highest BCUT2D eigenvalue weighted by atomic mass is 127. The fourth-order valence-corrected chi connectivity index (χ4v) is 8.54. The molecule has 0 aliphatic heterocycles. The lowest BCUT2D eigenvalue weighted by Gasteiger charge is -2.61. The van der Waals surface area contributed by atoms with E-state index in [2.05, 4.69) is 73.1 Å². The van der Waals surface area contributed by atoms with E-state index in [-0.39, 0.29) is 24.2 Å². The Bertz CT molecular complexity index is 1050. The second-order valence-electron chi connectivity index (χ2n) is 8.86. The zero-order chi connectivity index (χ0) is 22.8. The number of rotatable bonds is 5. The summed E-state index contributed by atoms with van der Waals surface area (Å²) in [4.78, 5) is 25.3. The topological polar surface area (TPSA) is 113 Å². The number of ether oxygens (including phenoxy) is 1. The zero-order valence-electron chi connectivity index (χ0n) is 16.0. The van der Waals surface area contributed by atoms with E-state index < -0.39 is 32.7 Å². The van der Waals surface area contributed by atoms with Crippen molar-refractivity contribution in [1.82, 2.24) is 5.32 Å². The lowest BCUT2D eigenvalue weighted by Crippen LogP contribution is -2.66. The minimum absolute atomic E-state index is 0.173. The van der Waals surface area contributed by atoms with Crippen LogP contribution in [-0.2, 0) is 19.6 Å². The monoisotopic (exact) mass is 788 g/mol. The number of hydrogen-bond acceptors (Lipinski definition) is 6. The number of benzene rings is 1. The third kappa shape index (κ3) is 4.87. The Balaban J connectivity index is 1.59. The normalized spacial score (nSPS) is 32.5. The van der Waals surface area contributed by atoms with Gasteiger partial charge in [-0.1, -0.05) is 0 Å². The number of carbonyl (C=O) groups is 2. The summed E-state index contributed by atoms with van der Waals surface area (Å²) in [6.45, 7) is 0. The first kappa shape index (κ1) is 24.3. The molecule has 170 valence electrons. The number of nitrogens with one attached hydrogen (secondary N) is 1. The second-order valence-corrected chi connectivity index (χ2v) is 13.7. The summed E-state index contributed by atoms with van der Waals surface area (Å²) in [5.74, 6) is -1.52. The van der Waals surface area contributed by atoms with Gasteiger partial charge in [0, 0.05) is 22.7 Å². The molecule has 12 heteroatoms. The molecule has 1 amide bonds. The number of amides is 1. The van der Waals surface area contributed by atoms with Crippen LogP contribution in [0.4, 0.5) is 4.39 Å². The van der Waals surface area contributed by atoms with Gasteiger partial charge in [0.2, 0.25) is 0 Å². The zero-order valence-corrected chi connectivity index (χ0v) is 23.3. The maximum absolute atomic E-state index is 13.8. The second kappa shape index (κ2) is 8.45. The molecular formula is C19H18FI3NO6S-. The smallest absolute Gasteiger partial charge is 0.356 e. The molecule has 0 spiro atoms. The highest BCUT2D eigenvalue weighted by Gasteiger charge is 2.60. The summed E-state index contributed by atoms with van der Waals surface area (Å²) >= 11 is 6.49. The molecule has 1 aromatic rings. The van der Waals surface area contributed by atoms with Crippen molar-refractivity contribution in [3.63, 3.8) is 0 Å². The van der Waals surface area contributed by atoms with Gasteiger partial charge in [-0.2, -0.15) is 0 Å². The van der Waals surface area contributed by atoms with Crippen molar-refractivity contribution in [1.29, 1.82) is 0 Å². The van der Waals surface area contributed by atoms with E-state index >= 15 is 0 Å². The average Bonchev–Trinajstić information content (AvgIpc) is 2.61. The first-order valence-corrected chi connectivity index (χ1v) is 14.3. The SMILES string of the molecule is O=C(NC12CC3CC(C1)CC(OC(=O)C(F)S(=O)(=O)[O-])(C3)C2)c1cc(I)cc(I)c1I. The molecule has 1 N–H and O–H groups in total. The van der Waals surface area contributed by atoms with E-state index in [1.165, 1.54) is 0 Å². The van der Waals surface area contributed by atoms with E-state index in [0.717, 1.165) is 30.0 Å². The van der Waals surface area contributed by atoms with Crippen molar-refractivity contribution < 1.29 is 31.7 Å². The predicted molar refractivity (Wildman–Crippen MR) is 133 cm³/mol. The number of esters is 1. The minimum Gasteiger partial charge on any atom is -0.745 e.